The van der Waals surface area contributed by atoms with Gasteiger partial charge in [-0.05, 0) is 29.8 Å². The van der Waals surface area contributed by atoms with Gasteiger partial charge in [-0.3, -0.25) is 4.79 Å². The first-order valence-corrected chi connectivity index (χ1v) is 6.90. The topological polar surface area (TPSA) is 64.2 Å². The second-order valence-corrected chi connectivity index (χ2v) is 4.90. The first-order valence-electron chi connectivity index (χ1n) is 6.90. The number of aromatic amines is 1. The van der Waals surface area contributed by atoms with E-state index in [4.69, 9.17) is 9.47 Å². The number of benzene rings is 2. The molecule has 0 aliphatic heterocycles. The summed E-state index contributed by atoms with van der Waals surface area (Å²) in [4.78, 5) is 19.4. The van der Waals surface area contributed by atoms with Crippen molar-refractivity contribution in [1.29, 1.82) is 0 Å². The number of fused-ring (bicyclic) bond motifs is 1. The van der Waals surface area contributed by atoms with E-state index >= 15 is 0 Å². The molecule has 0 fully saturated rings. The van der Waals surface area contributed by atoms with Crippen LogP contribution in [0.3, 0.4) is 0 Å². The highest BCUT2D eigenvalue weighted by atomic mass is 16.5. The van der Waals surface area contributed by atoms with Crippen molar-refractivity contribution < 1.29 is 9.47 Å². The first kappa shape index (κ1) is 14.1. The summed E-state index contributed by atoms with van der Waals surface area (Å²) in [6.07, 6.45) is 0.431. The lowest BCUT2D eigenvalue weighted by molar-refractivity contribution is 0.354. The van der Waals surface area contributed by atoms with Crippen LogP contribution in [0.15, 0.2) is 47.3 Å². The number of para-hydroxylation sites is 2. The van der Waals surface area contributed by atoms with Gasteiger partial charge in [0.05, 0.1) is 25.3 Å². The Hall–Kier alpha value is -2.82. The molecule has 1 heterocycles. The lowest BCUT2D eigenvalue weighted by Gasteiger charge is -2.09. The number of hydrogen-bond donors (Lipinski definition) is 1. The van der Waals surface area contributed by atoms with Crippen LogP contribution in [0.4, 0.5) is 0 Å². The molecule has 5 heteroatoms. The van der Waals surface area contributed by atoms with E-state index in [-0.39, 0.29) is 5.56 Å². The van der Waals surface area contributed by atoms with E-state index in [0.717, 1.165) is 16.6 Å². The van der Waals surface area contributed by atoms with Crippen LogP contribution < -0.4 is 15.0 Å². The Bertz CT molecular complexity index is 871. The predicted octanol–water partition coefficient (Wildman–Crippen LogP) is 2.53. The average Bonchev–Trinajstić information content (AvgIpc) is 2.55. The fourth-order valence-corrected chi connectivity index (χ4v) is 2.37. The molecule has 0 saturated heterocycles. The summed E-state index contributed by atoms with van der Waals surface area (Å²) < 4.78 is 10.5. The summed E-state index contributed by atoms with van der Waals surface area (Å²) in [6, 6.07) is 13.1. The molecule has 0 saturated carbocycles. The van der Waals surface area contributed by atoms with E-state index in [1.807, 2.05) is 42.5 Å². The molecular weight excluding hydrogens is 280 g/mol. The van der Waals surface area contributed by atoms with E-state index in [0.29, 0.717) is 23.6 Å². The highest BCUT2D eigenvalue weighted by Gasteiger charge is 2.09. The number of H-pyrrole nitrogens is 1. The molecule has 112 valence electrons. The molecule has 2 aromatic carbocycles. The Morgan fingerprint density at radius 3 is 2.59 bits per heavy atom. The third kappa shape index (κ3) is 2.65. The van der Waals surface area contributed by atoms with Crippen LogP contribution in [0.2, 0.25) is 0 Å². The van der Waals surface area contributed by atoms with E-state index in [2.05, 4.69) is 9.97 Å². The molecular formula is C17H16N2O3. The van der Waals surface area contributed by atoms with Gasteiger partial charge in [0.25, 0.3) is 5.56 Å². The van der Waals surface area contributed by atoms with Crippen LogP contribution in [0.5, 0.6) is 11.5 Å². The number of nitrogens with one attached hydrogen (secondary N) is 1. The molecule has 0 bridgehead atoms. The molecule has 0 radical (unpaired) electrons. The van der Waals surface area contributed by atoms with Gasteiger partial charge in [0, 0.05) is 6.42 Å². The van der Waals surface area contributed by atoms with Crippen molar-refractivity contribution in [2.24, 2.45) is 0 Å². The van der Waals surface area contributed by atoms with Gasteiger partial charge in [-0.15, -0.1) is 0 Å². The van der Waals surface area contributed by atoms with Gasteiger partial charge >= 0.3 is 0 Å². The van der Waals surface area contributed by atoms with Crippen LogP contribution in [0.25, 0.3) is 11.0 Å². The van der Waals surface area contributed by atoms with Gasteiger partial charge in [-0.25, -0.2) is 4.98 Å². The summed E-state index contributed by atoms with van der Waals surface area (Å²) in [5.41, 5.74) is 2.76. The quantitative estimate of drug-likeness (QED) is 0.803. The van der Waals surface area contributed by atoms with Gasteiger partial charge in [0.15, 0.2) is 11.5 Å². The number of hydrogen-bond acceptors (Lipinski definition) is 4. The monoisotopic (exact) mass is 296 g/mol. The minimum atomic E-state index is -0.173. The Morgan fingerprint density at radius 2 is 1.82 bits per heavy atom. The van der Waals surface area contributed by atoms with Crippen molar-refractivity contribution in [2.45, 2.75) is 6.42 Å². The largest absolute Gasteiger partial charge is 0.493 e. The van der Waals surface area contributed by atoms with Crippen molar-refractivity contribution >= 4 is 11.0 Å². The van der Waals surface area contributed by atoms with Gasteiger partial charge in [-0.1, -0.05) is 18.2 Å². The van der Waals surface area contributed by atoms with Gasteiger partial charge in [0.2, 0.25) is 0 Å². The number of nitrogens with zero attached hydrogens (tertiary/aromatic N) is 1. The molecule has 22 heavy (non-hydrogen) atoms. The second kappa shape index (κ2) is 5.89. The summed E-state index contributed by atoms with van der Waals surface area (Å²) in [5, 5.41) is 0. The zero-order chi connectivity index (χ0) is 15.5. The zero-order valence-corrected chi connectivity index (χ0v) is 12.4. The summed E-state index contributed by atoms with van der Waals surface area (Å²) in [7, 11) is 3.18. The molecule has 1 aromatic heterocycles. The van der Waals surface area contributed by atoms with Crippen LogP contribution in [0, 0.1) is 0 Å². The molecule has 1 N–H and O–H groups in total. The van der Waals surface area contributed by atoms with Crippen molar-refractivity contribution in [1.82, 2.24) is 9.97 Å². The Kier molecular flexibility index (Phi) is 3.78. The van der Waals surface area contributed by atoms with Crippen LogP contribution in [-0.4, -0.2) is 24.2 Å². The fourth-order valence-electron chi connectivity index (χ4n) is 2.37. The summed E-state index contributed by atoms with van der Waals surface area (Å²) in [6.45, 7) is 0. The number of aromatic nitrogens is 2. The molecule has 5 nitrogen and oxygen atoms in total. The van der Waals surface area contributed by atoms with Crippen molar-refractivity contribution in [2.75, 3.05) is 14.2 Å². The SMILES string of the molecule is COc1ccc(Cc2nc3ccccc3[nH]c2=O)cc1OC. The Labute approximate surface area is 127 Å². The lowest BCUT2D eigenvalue weighted by atomic mass is 10.1. The van der Waals surface area contributed by atoms with Crippen molar-refractivity contribution in [3.63, 3.8) is 0 Å². The Balaban J connectivity index is 1.99. The number of methoxy groups -OCH3 is 2. The molecule has 0 atom stereocenters. The molecule has 0 aliphatic carbocycles. The average molecular weight is 296 g/mol. The fraction of sp³-hybridized carbons (Fsp3) is 0.176. The maximum atomic E-state index is 12.1. The third-order valence-electron chi connectivity index (χ3n) is 3.49. The molecule has 0 unspecified atom stereocenters. The van der Waals surface area contributed by atoms with Crippen LogP contribution >= 0.6 is 0 Å². The Morgan fingerprint density at radius 1 is 1.05 bits per heavy atom. The summed E-state index contributed by atoms with van der Waals surface area (Å²) >= 11 is 0. The smallest absolute Gasteiger partial charge is 0.270 e. The molecule has 0 aliphatic rings. The van der Waals surface area contributed by atoms with Crippen molar-refractivity contribution in [3.05, 3.63) is 64.1 Å². The van der Waals surface area contributed by atoms with Crippen LogP contribution in [0.1, 0.15) is 11.3 Å². The van der Waals surface area contributed by atoms with Gasteiger partial charge < -0.3 is 14.5 Å². The first-order chi connectivity index (χ1) is 10.7. The zero-order valence-electron chi connectivity index (χ0n) is 12.4. The minimum absolute atomic E-state index is 0.173. The predicted molar refractivity (Wildman–Crippen MR) is 84.7 cm³/mol. The molecule has 3 aromatic rings. The van der Waals surface area contributed by atoms with Crippen molar-refractivity contribution in [3.8, 4) is 11.5 Å². The third-order valence-corrected chi connectivity index (χ3v) is 3.49. The van der Waals surface area contributed by atoms with E-state index in [1.165, 1.54) is 0 Å². The second-order valence-electron chi connectivity index (χ2n) is 4.90. The number of rotatable bonds is 4. The van der Waals surface area contributed by atoms with Gasteiger partial charge in [0.1, 0.15) is 5.69 Å². The highest BCUT2D eigenvalue weighted by Crippen LogP contribution is 2.28. The normalized spacial score (nSPS) is 10.6. The van der Waals surface area contributed by atoms with Crippen LogP contribution in [-0.2, 0) is 6.42 Å². The minimum Gasteiger partial charge on any atom is -0.493 e. The number of ether oxygens (including phenoxy) is 2. The van der Waals surface area contributed by atoms with E-state index < -0.39 is 0 Å². The summed E-state index contributed by atoms with van der Waals surface area (Å²) in [5.74, 6) is 1.30. The lowest BCUT2D eigenvalue weighted by Crippen LogP contribution is -2.15. The maximum absolute atomic E-state index is 12.1. The van der Waals surface area contributed by atoms with E-state index in [9.17, 15) is 4.79 Å². The van der Waals surface area contributed by atoms with Gasteiger partial charge in [-0.2, -0.15) is 0 Å². The molecule has 0 amide bonds. The van der Waals surface area contributed by atoms with E-state index in [1.54, 1.807) is 14.2 Å². The highest BCUT2D eigenvalue weighted by molar-refractivity contribution is 5.73. The maximum Gasteiger partial charge on any atom is 0.270 e. The standard InChI is InChI=1S/C17H16N2O3/c1-21-15-8-7-11(10-16(15)22-2)9-14-17(20)19-13-6-4-3-5-12(13)18-14/h3-8,10H,9H2,1-2H3,(H,19,20). The molecule has 0 spiro atoms. The molecule has 3 rings (SSSR count).